The average Bonchev–Trinajstić information content (AvgIpc) is 3.10. The Hall–Kier alpha value is -3.25. The number of quaternary nitrogens is 1. The number of H-pyrrole nitrogens is 1. The van der Waals surface area contributed by atoms with Gasteiger partial charge in [0, 0.05) is 22.9 Å². The molecule has 150 valence electrons. The number of aliphatic carboxylic acids is 1. The number of aromatic nitrogens is 1. The molecular formula is C23H24N2O4. The van der Waals surface area contributed by atoms with Gasteiger partial charge in [0.25, 0.3) is 0 Å². The molecule has 0 amide bonds. The number of carbonyl (C=O) groups excluding carboxylic acids is 1. The van der Waals surface area contributed by atoms with Gasteiger partial charge in [0.1, 0.15) is 12.6 Å². The first-order chi connectivity index (χ1) is 14.0. The summed E-state index contributed by atoms with van der Waals surface area (Å²) in [4.78, 5) is 15.2. The second kappa shape index (κ2) is 7.64. The predicted molar refractivity (Wildman–Crippen MR) is 108 cm³/mol. The van der Waals surface area contributed by atoms with Gasteiger partial charge >= 0.3 is 0 Å². The number of hydrogen-bond donors (Lipinski definition) is 2. The Kier molecular flexibility index (Phi) is 5.03. The van der Waals surface area contributed by atoms with Crippen molar-refractivity contribution in [3.05, 3.63) is 71.4 Å². The maximum Gasteiger partial charge on any atom is 0.161 e. The summed E-state index contributed by atoms with van der Waals surface area (Å²) >= 11 is 0. The zero-order chi connectivity index (χ0) is 20.5. The third kappa shape index (κ3) is 3.59. The first kappa shape index (κ1) is 19.1. The molecule has 1 aliphatic heterocycles. The summed E-state index contributed by atoms with van der Waals surface area (Å²) in [5, 5.41) is 14.6. The van der Waals surface area contributed by atoms with Gasteiger partial charge in [0.15, 0.2) is 17.5 Å². The Labute approximate surface area is 169 Å². The lowest BCUT2D eigenvalue weighted by Gasteiger charge is -2.29. The summed E-state index contributed by atoms with van der Waals surface area (Å²) in [7, 11) is 1.59. The van der Waals surface area contributed by atoms with Crippen molar-refractivity contribution in [2.24, 2.45) is 0 Å². The van der Waals surface area contributed by atoms with E-state index in [-0.39, 0.29) is 6.04 Å². The number of aromatic amines is 1. The first-order valence-corrected chi connectivity index (χ1v) is 9.58. The second-order valence-electron chi connectivity index (χ2n) is 7.52. The molecule has 3 N–H and O–H groups in total. The first-order valence-electron chi connectivity index (χ1n) is 9.58. The third-order valence-corrected chi connectivity index (χ3v) is 5.33. The van der Waals surface area contributed by atoms with E-state index < -0.39 is 12.0 Å². The van der Waals surface area contributed by atoms with Crippen molar-refractivity contribution in [3.8, 4) is 11.5 Å². The number of nitrogens with two attached hydrogens (primary N) is 1. The van der Waals surface area contributed by atoms with Crippen LogP contribution in [0.5, 0.6) is 11.5 Å². The van der Waals surface area contributed by atoms with Crippen molar-refractivity contribution in [3.63, 3.8) is 0 Å². The van der Waals surface area contributed by atoms with Crippen LogP contribution in [0.4, 0.5) is 0 Å². The topological polar surface area (TPSA) is 91.0 Å². The highest BCUT2D eigenvalue weighted by molar-refractivity contribution is 5.86. The van der Waals surface area contributed by atoms with Crippen molar-refractivity contribution in [1.82, 2.24) is 4.98 Å². The minimum atomic E-state index is -1.06. The SMILES string of the molecule is C=C(C)COc1ccc([C@@H]2[NH2+][C@H](C(=O)[O-])Cc3c2[nH]c2ccccc32)cc1OC. The van der Waals surface area contributed by atoms with Crippen molar-refractivity contribution in [2.75, 3.05) is 13.7 Å². The molecule has 6 heteroatoms. The molecule has 6 nitrogen and oxygen atoms in total. The third-order valence-electron chi connectivity index (χ3n) is 5.33. The Morgan fingerprint density at radius 1 is 1.28 bits per heavy atom. The van der Waals surface area contributed by atoms with Crippen LogP contribution in [-0.2, 0) is 11.2 Å². The molecule has 0 radical (unpaired) electrons. The second-order valence-corrected chi connectivity index (χ2v) is 7.52. The molecular weight excluding hydrogens is 368 g/mol. The molecule has 0 spiro atoms. The largest absolute Gasteiger partial charge is 0.544 e. The normalized spacial score (nSPS) is 18.3. The van der Waals surface area contributed by atoms with Crippen LogP contribution >= 0.6 is 0 Å². The number of nitrogens with one attached hydrogen (secondary N) is 1. The summed E-state index contributed by atoms with van der Waals surface area (Å²) in [6, 6.07) is 12.8. The van der Waals surface area contributed by atoms with Gasteiger partial charge < -0.3 is 29.7 Å². The molecule has 0 saturated carbocycles. The van der Waals surface area contributed by atoms with E-state index in [4.69, 9.17) is 9.47 Å². The highest BCUT2D eigenvalue weighted by atomic mass is 16.5. The van der Waals surface area contributed by atoms with Crippen LogP contribution in [0.3, 0.4) is 0 Å². The highest BCUT2D eigenvalue weighted by Crippen LogP contribution is 2.35. The number of carbonyl (C=O) groups is 1. The molecule has 0 bridgehead atoms. The quantitative estimate of drug-likeness (QED) is 0.622. The van der Waals surface area contributed by atoms with E-state index in [0.29, 0.717) is 24.5 Å². The maximum atomic E-state index is 11.7. The molecule has 2 aromatic carbocycles. The van der Waals surface area contributed by atoms with Gasteiger partial charge in [0.05, 0.1) is 18.8 Å². The molecule has 29 heavy (non-hydrogen) atoms. The Bertz CT molecular complexity index is 1090. The fourth-order valence-electron chi connectivity index (χ4n) is 3.96. The fraction of sp³-hybridized carbons (Fsp3) is 0.261. The van der Waals surface area contributed by atoms with Crippen LogP contribution in [0.25, 0.3) is 10.9 Å². The molecule has 4 rings (SSSR count). The smallest absolute Gasteiger partial charge is 0.161 e. The van der Waals surface area contributed by atoms with Crippen LogP contribution < -0.4 is 19.9 Å². The average molecular weight is 392 g/mol. The number of para-hydroxylation sites is 1. The van der Waals surface area contributed by atoms with Gasteiger partial charge in [-0.05, 0) is 42.3 Å². The molecule has 3 aromatic rings. The molecule has 0 saturated heterocycles. The lowest BCUT2D eigenvalue weighted by Crippen LogP contribution is -2.95. The van der Waals surface area contributed by atoms with E-state index >= 15 is 0 Å². The van der Waals surface area contributed by atoms with Crippen LogP contribution in [-0.4, -0.2) is 30.7 Å². The Morgan fingerprint density at radius 2 is 2.07 bits per heavy atom. The minimum absolute atomic E-state index is 0.210. The van der Waals surface area contributed by atoms with Crippen molar-refractivity contribution in [1.29, 1.82) is 0 Å². The molecule has 2 atom stereocenters. The molecule has 0 aliphatic carbocycles. The molecule has 0 fully saturated rings. The van der Waals surface area contributed by atoms with Crippen LogP contribution in [0.2, 0.25) is 0 Å². The van der Waals surface area contributed by atoms with Crippen molar-refractivity contribution in [2.45, 2.75) is 25.4 Å². The van der Waals surface area contributed by atoms with Gasteiger partial charge in [-0.15, -0.1) is 0 Å². The van der Waals surface area contributed by atoms with Crippen LogP contribution in [0.15, 0.2) is 54.6 Å². The van der Waals surface area contributed by atoms with Crippen molar-refractivity contribution >= 4 is 16.9 Å². The summed E-state index contributed by atoms with van der Waals surface area (Å²) < 4.78 is 11.3. The number of carboxylic acid groups (broad SMARTS) is 1. The lowest BCUT2D eigenvalue weighted by molar-refractivity contribution is -0.717. The zero-order valence-corrected chi connectivity index (χ0v) is 16.5. The van der Waals surface area contributed by atoms with Gasteiger partial charge in [-0.25, -0.2) is 0 Å². The van der Waals surface area contributed by atoms with Crippen molar-refractivity contribution < 1.29 is 24.7 Å². The summed E-state index contributed by atoms with van der Waals surface area (Å²) in [6.45, 7) is 6.16. The van der Waals surface area contributed by atoms with Crippen LogP contribution in [0, 0.1) is 0 Å². The minimum Gasteiger partial charge on any atom is -0.544 e. The van der Waals surface area contributed by atoms with E-state index in [9.17, 15) is 9.90 Å². The van der Waals surface area contributed by atoms with Gasteiger partial charge in [-0.1, -0.05) is 24.8 Å². The molecule has 0 unspecified atom stereocenters. The van der Waals surface area contributed by atoms with Gasteiger partial charge in [-0.3, -0.25) is 0 Å². The van der Waals surface area contributed by atoms with E-state index in [1.807, 2.05) is 54.7 Å². The number of ether oxygens (including phenoxy) is 2. The van der Waals surface area contributed by atoms with Gasteiger partial charge in [0.2, 0.25) is 0 Å². The van der Waals surface area contributed by atoms with E-state index in [1.54, 1.807) is 7.11 Å². The Balaban J connectivity index is 1.77. The monoisotopic (exact) mass is 392 g/mol. The maximum absolute atomic E-state index is 11.7. The number of methoxy groups -OCH3 is 1. The van der Waals surface area contributed by atoms with E-state index in [0.717, 1.165) is 33.3 Å². The predicted octanol–water partition coefficient (Wildman–Crippen LogP) is 1.46. The molecule has 1 aliphatic rings. The number of hydrogen-bond acceptors (Lipinski definition) is 4. The summed E-state index contributed by atoms with van der Waals surface area (Å²) in [6.07, 6.45) is 0.426. The number of benzene rings is 2. The number of rotatable bonds is 6. The van der Waals surface area contributed by atoms with Gasteiger partial charge in [-0.2, -0.15) is 0 Å². The zero-order valence-electron chi connectivity index (χ0n) is 16.5. The molecule has 2 heterocycles. The summed E-state index contributed by atoms with van der Waals surface area (Å²) in [5.74, 6) is 0.174. The molecule has 1 aromatic heterocycles. The fourth-order valence-corrected chi connectivity index (χ4v) is 3.96. The number of carboxylic acids is 1. The number of fused-ring (bicyclic) bond motifs is 3. The lowest BCUT2D eigenvalue weighted by atomic mass is 9.90. The summed E-state index contributed by atoms with van der Waals surface area (Å²) in [5.41, 5.74) is 4.90. The van der Waals surface area contributed by atoms with E-state index in [2.05, 4.69) is 11.6 Å². The van der Waals surface area contributed by atoms with E-state index in [1.165, 1.54) is 0 Å². The Morgan fingerprint density at radius 3 is 2.79 bits per heavy atom. The highest BCUT2D eigenvalue weighted by Gasteiger charge is 2.35. The van der Waals surface area contributed by atoms with Crippen LogP contribution in [0.1, 0.15) is 29.8 Å². The standard InChI is InChI=1S/C23H24N2O4/c1-13(2)12-29-19-9-8-14(10-20(19)28-3)21-22-16(11-18(25-21)23(26)27)15-6-4-5-7-17(15)24-22/h4-10,18,21,24-25H,1,11-12H2,2-3H3,(H,26,27)/t18-,21-/m0/s1.